The van der Waals surface area contributed by atoms with Crippen molar-refractivity contribution >= 4 is 29.1 Å². The third-order valence-corrected chi connectivity index (χ3v) is 2.80. The van der Waals surface area contributed by atoms with Gasteiger partial charge in [0, 0.05) is 11.6 Å². The van der Waals surface area contributed by atoms with Crippen molar-refractivity contribution in [2.75, 3.05) is 17.6 Å². The van der Waals surface area contributed by atoms with Gasteiger partial charge in [-0.25, -0.2) is 0 Å². The Kier molecular flexibility index (Phi) is 4.26. The van der Waals surface area contributed by atoms with Gasteiger partial charge in [0.15, 0.2) is 0 Å². The average Bonchev–Trinajstić information content (AvgIpc) is 2.39. The molecule has 2 aromatic rings. The number of nitrogens with two attached hydrogens (primary N) is 1. The van der Waals surface area contributed by atoms with Crippen LogP contribution >= 0.6 is 11.6 Å². The molecule has 3 heteroatoms. The summed E-state index contributed by atoms with van der Waals surface area (Å²) in [6.45, 7) is 0.733. The number of nitrogen functional groups attached to an aromatic ring is 1. The highest BCUT2D eigenvalue weighted by Crippen LogP contribution is 2.16. The number of anilines is 2. The molecule has 0 bridgehead atoms. The number of hydrogen-bond donors (Lipinski definition) is 2. The van der Waals surface area contributed by atoms with Crippen LogP contribution in [-0.4, -0.2) is 6.54 Å². The third kappa shape index (κ3) is 3.54. The van der Waals surface area contributed by atoms with Gasteiger partial charge in [0.2, 0.25) is 0 Å². The molecule has 0 spiro atoms. The highest BCUT2D eigenvalue weighted by molar-refractivity contribution is 6.30. The van der Waals surface area contributed by atoms with E-state index in [0.717, 1.165) is 28.5 Å². The summed E-state index contributed by atoms with van der Waals surface area (Å²) in [5.41, 5.74) is 8.67. The fourth-order valence-electron chi connectivity index (χ4n) is 1.60. The largest absolute Gasteiger partial charge is 0.397 e. The number of rotatable bonds is 4. The molecule has 0 heterocycles. The van der Waals surface area contributed by atoms with Gasteiger partial charge in [-0.3, -0.25) is 0 Å². The number of halogens is 1. The zero-order valence-corrected chi connectivity index (χ0v) is 10.7. The quantitative estimate of drug-likeness (QED) is 0.812. The van der Waals surface area contributed by atoms with Gasteiger partial charge >= 0.3 is 0 Å². The molecule has 0 fully saturated rings. The van der Waals surface area contributed by atoms with Crippen LogP contribution in [0, 0.1) is 0 Å². The fourth-order valence-corrected chi connectivity index (χ4v) is 1.72. The van der Waals surface area contributed by atoms with Crippen molar-refractivity contribution in [3.05, 3.63) is 65.2 Å². The van der Waals surface area contributed by atoms with E-state index in [1.54, 1.807) is 0 Å². The number of nitrogens with one attached hydrogen (secondary N) is 1. The van der Waals surface area contributed by atoms with Crippen molar-refractivity contribution < 1.29 is 0 Å². The SMILES string of the molecule is Nc1ccccc1NCC=Cc1ccc(Cl)cc1. The first-order valence-corrected chi connectivity index (χ1v) is 6.14. The molecule has 2 nitrogen and oxygen atoms in total. The highest BCUT2D eigenvalue weighted by Gasteiger charge is 1.93. The number of hydrogen-bond acceptors (Lipinski definition) is 2. The van der Waals surface area contributed by atoms with E-state index >= 15 is 0 Å². The molecule has 0 amide bonds. The minimum Gasteiger partial charge on any atom is -0.397 e. The summed E-state index contributed by atoms with van der Waals surface area (Å²) in [6.07, 6.45) is 4.10. The molecule has 0 atom stereocenters. The van der Waals surface area contributed by atoms with Crippen LogP contribution < -0.4 is 11.1 Å². The first kappa shape index (κ1) is 12.5. The van der Waals surface area contributed by atoms with E-state index in [1.807, 2.05) is 54.6 Å². The van der Waals surface area contributed by atoms with Gasteiger partial charge in [0.1, 0.15) is 0 Å². The lowest BCUT2D eigenvalue weighted by atomic mass is 10.2. The molecule has 2 aromatic carbocycles. The second-order valence-corrected chi connectivity index (χ2v) is 4.36. The third-order valence-electron chi connectivity index (χ3n) is 2.55. The first-order valence-electron chi connectivity index (χ1n) is 5.76. The molecule has 0 saturated heterocycles. The van der Waals surface area contributed by atoms with Crippen LogP contribution in [0.15, 0.2) is 54.6 Å². The smallest absolute Gasteiger partial charge is 0.0576 e. The van der Waals surface area contributed by atoms with Crippen LogP contribution in [0.3, 0.4) is 0 Å². The van der Waals surface area contributed by atoms with E-state index in [1.165, 1.54) is 0 Å². The maximum Gasteiger partial charge on any atom is 0.0576 e. The average molecular weight is 259 g/mol. The lowest BCUT2D eigenvalue weighted by Crippen LogP contribution is -2.01. The summed E-state index contributed by atoms with van der Waals surface area (Å²) in [4.78, 5) is 0. The van der Waals surface area contributed by atoms with Crippen LogP contribution in [0.25, 0.3) is 6.08 Å². The molecule has 3 N–H and O–H groups in total. The Morgan fingerprint density at radius 2 is 1.78 bits per heavy atom. The monoisotopic (exact) mass is 258 g/mol. The number of benzene rings is 2. The predicted molar refractivity (Wildman–Crippen MR) is 79.8 cm³/mol. The van der Waals surface area contributed by atoms with Crippen molar-refractivity contribution in [2.45, 2.75) is 0 Å². The Labute approximate surface area is 112 Å². The number of para-hydroxylation sites is 2. The lowest BCUT2D eigenvalue weighted by Gasteiger charge is -2.05. The van der Waals surface area contributed by atoms with Crippen molar-refractivity contribution in [3.8, 4) is 0 Å². The second-order valence-electron chi connectivity index (χ2n) is 3.92. The molecule has 0 saturated carbocycles. The molecule has 92 valence electrons. The Hall–Kier alpha value is -1.93. The van der Waals surface area contributed by atoms with Gasteiger partial charge in [-0.1, -0.05) is 48.0 Å². The Bertz CT molecular complexity index is 532. The summed E-state index contributed by atoms with van der Waals surface area (Å²) in [6, 6.07) is 15.4. The summed E-state index contributed by atoms with van der Waals surface area (Å²) >= 11 is 5.82. The zero-order chi connectivity index (χ0) is 12.8. The van der Waals surface area contributed by atoms with Crippen molar-refractivity contribution in [3.63, 3.8) is 0 Å². The topological polar surface area (TPSA) is 38.0 Å². The Morgan fingerprint density at radius 1 is 1.06 bits per heavy atom. The van der Waals surface area contributed by atoms with E-state index in [4.69, 9.17) is 17.3 Å². The summed E-state index contributed by atoms with van der Waals surface area (Å²) in [7, 11) is 0. The predicted octanol–water partition coefficient (Wildman–Crippen LogP) is 4.05. The van der Waals surface area contributed by atoms with Gasteiger partial charge in [-0.05, 0) is 29.8 Å². The standard InChI is InChI=1S/C15H15ClN2/c16-13-9-7-12(8-10-13)4-3-11-18-15-6-2-1-5-14(15)17/h1-10,18H,11,17H2. The summed E-state index contributed by atoms with van der Waals surface area (Å²) in [5, 5.41) is 4.01. The van der Waals surface area contributed by atoms with Crippen LogP contribution in [-0.2, 0) is 0 Å². The fraction of sp³-hybridized carbons (Fsp3) is 0.0667. The van der Waals surface area contributed by atoms with Crippen LogP contribution in [0.1, 0.15) is 5.56 Å². The van der Waals surface area contributed by atoms with Gasteiger partial charge in [-0.2, -0.15) is 0 Å². The lowest BCUT2D eigenvalue weighted by molar-refractivity contribution is 1.34. The highest BCUT2D eigenvalue weighted by atomic mass is 35.5. The molecular weight excluding hydrogens is 244 g/mol. The normalized spacial score (nSPS) is 10.7. The maximum absolute atomic E-state index is 5.83. The summed E-state index contributed by atoms with van der Waals surface area (Å²) < 4.78 is 0. The first-order chi connectivity index (χ1) is 8.75. The molecule has 18 heavy (non-hydrogen) atoms. The minimum absolute atomic E-state index is 0.733. The van der Waals surface area contributed by atoms with Gasteiger partial charge in [0.25, 0.3) is 0 Å². The van der Waals surface area contributed by atoms with Crippen LogP contribution in [0.4, 0.5) is 11.4 Å². The second kappa shape index (κ2) is 6.12. The van der Waals surface area contributed by atoms with E-state index in [-0.39, 0.29) is 0 Å². The molecule has 0 radical (unpaired) electrons. The van der Waals surface area contributed by atoms with Crippen molar-refractivity contribution in [1.29, 1.82) is 0 Å². The van der Waals surface area contributed by atoms with Crippen LogP contribution in [0.5, 0.6) is 0 Å². The molecule has 0 aliphatic rings. The molecule has 2 rings (SSSR count). The Balaban J connectivity index is 1.89. The molecule has 0 unspecified atom stereocenters. The maximum atomic E-state index is 5.83. The summed E-state index contributed by atoms with van der Waals surface area (Å²) in [5.74, 6) is 0. The van der Waals surface area contributed by atoms with E-state index in [0.29, 0.717) is 0 Å². The Morgan fingerprint density at radius 3 is 2.50 bits per heavy atom. The van der Waals surface area contributed by atoms with E-state index in [9.17, 15) is 0 Å². The van der Waals surface area contributed by atoms with E-state index in [2.05, 4.69) is 11.4 Å². The molecule has 0 aliphatic carbocycles. The van der Waals surface area contributed by atoms with E-state index < -0.39 is 0 Å². The van der Waals surface area contributed by atoms with Gasteiger partial charge in [0.05, 0.1) is 11.4 Å². The van der Waals surface area contributed by atoms with Gasteiger partial charge in [-0.15, -0.1) is 0 Å². The zero-order valence-electron chi connectivity index (χ0n) is 9.94. The van der Waals surface area contributed by atoms with Gasteiger partial charge < -0.3 is 11.1 Å². The van der Waals surface area contributed by atoms with Crippen molar-refractivity contribution in [2.24, 2.45) is 0 Å². The van der Waals surface area contributed by atoms with Crippen molar-refractivity contribution in [1.82, 2.24) is 0 Å². The molecule has 0 aliphatic heterocycles. The minimum atomic E-state index is 0.733. The van der Waals surface area contributed by atoms with Crippen LogP contribution in [0.2, 0.25) is 5.02 Å². The molecule has 0 aromatic heterocycles. The molecular formula is C15H15ClN2.